The molecule has 2 atom stereocenters. The van der Waals surface area contributed by atoms with E-state index in [2.05, 4.69) is 10.3 Å². The van der Waals surface area contributed by atoms with Gasteiger partial charge in [-0.3, -0.25) is 9.20 Å². The molecule has 4 rings (SSSR count). The maximum absolute atomic E-state index is 12.8. The SMILES string of the molecule is O=C(c1cccc2nccn12)C1CC2COCC(C1)N2. The zero-order chi connectivity index (χ0) is 13.5. The van der Waals surface area contributed by atoms with Crippen molar-refractivity contribution in [2.24, 2.45) is 5.92 Å². The Balaban J connectivity index is 1.65. The molecular formula is C15H17N3O2. The van der Waals surface area contributed by atoms with E-state index >= 15 is 0 Å². The normalized spacial score (nSPS) is 29.5. The molecule has 2 aliphatic heterocycles. The number of morpholine rings is 1. The lowest BCUT2D eigenvalue weighted by molar-refractivity contribution is 0.00941. The summed E-state index contributed by atoms with van der Waals surface area (Å²) >= 11 is 0. The summed E-state index contributed by atoms with van der Waals surface area (Å²) in [4.78, 5) is 17.1. The Morgan fingerprint density at radius 1 is 1.30 bits per heavy atom. The number of piperidine rings is 1. The number of carbonyl (C=O) groups is 1. The van der Waals surface area contributed by atoms with Crippen molar-refractivity contribution < 1.29 is 9.53 Å². The zero-order valence-corrected chi connectivity index (χ0v) is 11.2. The molecule has 2 saturated heterocycles. The highest BCUT2D eigenvalue weighted by Gasteiger charge is 2.36. The third-order valence-electron chi connectivity index (χ3n) is 4.30. The molecule has 2 unspecified atom stereocenters. The number of carbonyl (C=O) groups excluding carboxylic acids is 1. The van der Waals surface area contributed by atoms with Crippen molar-refractivity contribution in [1.82, 2.24) is 14.7 Å². The Hall–Kier alpha value is -1.72. The Bertz CT molecular complexity index is 639. The molecule has 2 fully saturated rings. The summed E-state index contributed by atoms with van der Waals surface area (Å²) < 4.78 is 7.42. The van der Waals surface area contributed by atoms with E-state index in [0.29, 0.717) is 12.1 Å². The number of Topliss-reactive ketones (excluding diaryl/α,β-unsaturated/α-hetero) is 1. The topological polar surface area (TPSA) is 55.6 Å². The van der Waals surface area contributed by atoms with Crippen LogP contribution in [0.1, 0.15) is 23.3 Å². The summed E-state index contributed by atoms with van der Waals surface area (Å²) in [5.41, 5.74) is 1.57. The average Bonchev–Trinajstić information content (AvgIpc) is 2.94. The van der Waals surface area contributed by atoms with Crippen LogP contribution in [0.3, 0.4) is 0 Å². The lowest BCUT2D eigenvalue weighted by atomic mass is 9.83. The van der Waals surface area contributed by atoms with Crippen LogP contribution in [0.25, 0.3) is 5.65 Å². The molecule has 1 N–H and O–H groups in total. The molecule has 2 aromatic heterocycles. The van der Waals surface area contributed by atoms with Crippen molar-refractivity contribution in [1.29, 1.82) is 0 Å². The van der Waals surface area contributed by atoms with Gasteiger partial charge in [-0.2, -0.15) is 0 Å². The molecule has 4 heterocycles. The van der Waals surface area contributed by atoms with E-state index in [1.54, 1.807) is 6.20 Å². The van der Waals surface area contributed by atoms with E-state index in [0.717, 1.165) is 37.4 Å². The standard InChI is InChI=1S/C15H17N3O2/c19-15(10-6-11-8-20-9-12(7-10)17-11)13-2-1-3-14-16-4-5-18(13)14/h1-5,10-12,17H,6-9H2. The molecule has 2 aliphatic rings. The van der Waals surface area contributed by atoms with E-state index in [9.17, 15) is 4.79 Å². The molecule has 0 saturated carbocycles. The van der Waals surface area contributed by atoms with Gasteiger partial charge in [0.2, 0.25) is 0 Å². The number of nitrogens with zero attached hydrogens (tertiary/aromatic N) is 2. The first-order valence-corrected chi connectivity index (χ1v) is 7.11. The average molecular weight is 271 g/mol. The number of rotatable bonds is 2. The summed E-state index contributed by atoms with van der Waals surface area (Å²) in [6.45, 7) is 1.44. The van der Waals surface area contributed by atoms with Crippen LogP contribution in [0.4, 0.5) is 0 Å². The number of ketones is 1. The number of fused-ring (bicyclic) bond motifs is 3. The summed E-state index contributed by atoms with van der Waals surface area (Å²) in [7, 11) is 0. The quantitative estimate of drug-likeness (QED) is 0.836. The van der Waals surface area contributed by atoms with Crippen molar-refractivity contribution in [2.45, 2.75) is 24.9 Å². The highest BCUT2D eigenvalue weighted by Crippen LogP contribution is 2.27. The second-order valence-corrected chi connectivity index (χ2v) is 5.70. The van der Waals surface area contributed by atoms with E-state index in [1.165, 1.54) is 0 Å². The molecule has 0 amide bonds. The van der Waals surface area contributed by atoms with Crippen LogP contribution in [0.5, 0.6) is 0 Å². The van der Waals surface area contributed by atoms with Gasteiger partial charge in [0.1, 0.15) is 5.65 Å². The number of aromatic nitrogens is 2. The van der Waals surface area contributed by atoms with Crippen molar-refractivity contribution in [3.63, 3.8) is 0 Å². The molecule has 2 aromatic rings. The van der Waals surface area contributed by atoms with Gasteiger partial charge >= 0.3 is 0 Å². The van der Waals surface area contributed by atoms with Crippen molar-refractivity contribution in [3.8, 4) is 0 Å². The van der Waals surface area contributed by atoms with Gasteiger partial charge in [-0.25, -0.2) is 4.98 Å². The molecule has 0 radical (unpaired) electrons. The van der Waals surface area contributed by atoms with Gasteiger partial charge in [0.05, 0.1) is 18.9 Å². The summed E-state index contributed by atoms with van der Waals surface area (Å²) in [6.07, 6.45) is 5.31. The smallest absolute Gasteiger partial charge is 0.182 e. The molecule has 20 heavy (non-hydrogen) atoms. The lowest BCUT2D eigenvalue weighted by Crippen LogP contribution is -2.55. The van der Waals surface area contributed by atoms with Gasteiger partial charge in [-0.05, 0) is 25.0 Å². The number of hydrogen-bond donors (Lipinski definition) is 1. The van der Waals surface area contributed by atoms with Crippen molar-refractivity contribution in [2.75, 3.05) is 13.2 Å². The fourth-order valence-electron chi connectivity index (χ4n) is 3.41. The number of pyridine rings is 1. The summed E-state index contributed by atoms with van der Waals surface area (Å²) in [5, 5.41) is 3.52. The van der Waals surface area contributed by atoms with Crippen LogP contribution in [-0.2, 0) is 4.74 Å². The van der Waals surface area contributed by atoms with Gasteiger partial charge in [0.25, 0.3) is 0 Å². The van der Waals surface area contributed by atoms with Gasteiger partial charge in [0.15, 0.2) is 5.78 Å². The minimum atomic E-state index is 0.0862. The fraction of sp³-hybridized carbons (Fsp3) is 0.467. The molecule has 0 spiro atoms. The number of imidazole rings is 1. The highest BCUT2D eigenvalue weighted by molar-refractivity contribution is 5.97. The Kier molecular flexibility index (Phi) is 2.82. The Morgan fingerprint density at radius 2 is 2.10 bits per heavy atom. The third-order valence-corrected chi connectivity index (χ3v) is 4.30. The van der Waals surface area contributed by atoms with Crippen LogP contribution in [0, 0.1) is 5.92 Å². The molecule has 0 aliphatic carbocycles. The van der Waals surface area contributed by atoms with E-state index in [-0.39, 0.29) is 11.7 Å². The van der Waals surface area contributed by atoms with E-state index in [4.69, 9.17) is 4.74 Å². The second-order valence-electron chi connectivity index (χ2n) is 5.70. The van der Waals surface area contributed by atoms with E-state index < -0.39 is 0 Å². The third kappa shape index (κ3) is 1.94. The molecule has 5 nitrogen and oxygen atoms in total. The second kappa shape index (κ2) is 4.68. The lowest BCUT2D eigenvalue weighted by Gasteiger charge is -2.39. The molecule has 104 valence electrons. The van der Waals surface area contributed by atoms with Crippen LogP contribution in [-0.4, -0.2) is 40.5 Å². The first-order valence-electron chi connectivity index (χ1n) is 7.11. The molecular weight excluding hydrogens is 254 g/mol. The molecule has 0 aromatic carbocycles. The largest absolute Gasteiger partial charge is 0.378 e. The van der Waals surface area contributed by atoms with Crippen molar-refractivity contribution >= 4 is 11.4 Å². The zero-order valence-electron chi connectivity index (χ0n) is 11.2. The van der Waals surface area contributed by atoms with Crippen LogP contribution in [0.2, 0.25) is 0 Å². The van der Waals surface area contributed by atoms with Crippen LogP contribution >= 0.6 is 0 Å². The molecule has 5 heteroatoms. The highest BCUT2D eigenvalue weighted by atomic mass is 16.5. The summed E-state index contributed by atoms with van der Waals surface area (Å²) in [5.74, 6) is 0.315. The first-order chi connectivity index (χ1) is 9.81. The maximum Gasteiger partial charge on any atom is 0.182 e. The van der Waals surface area contributed by atoms with Gasteiger partial charge in [-0.15, -0.1) is 0 Å². The first kappa shape index (κ1) is 12.1. The minimum Gasteiger partial charge on any atom is -0.378 e. The maximum atomic E-state index is 12.8. The van der Waals surface area contributed by atoms with Gasteiger partial charge < -0.3 is 10.1 Å². The predicted octanol–water partition coefficient (Wildman–Crippen LogP) is 1.28. The van der Waals surface area contributed by atoms with Crippen molar-refractivity contribution in [3.05, 3.63) is 36.3 Å². The van der Waals surface area contributed by atoms with Gasteiger partial charge in [0, 0.05) is 30.4 Å². The Labute approximate surface area is 117 Å². The minimum absolute atomic E-state index is 0.0862. The molecule has 2 bridgehead atoms. The predicted molar refractivity (Wildman–Crippen MR) is 73.8 cm³/mol. The Morgan fingerprint density at radius 3 is 2.90 bits per heavy atom. The monoisotopic (exact) mass is 271 g/mol. The number of nitrogens with one attached hydrogen (secondary N) is 1. The summed E-state index contributed by atoms with van der Waals surface area (Å²) in [6, 6.07) is 6.35. The fourth-order valence-corrected chi connectivity index (χ4v) is 3.41. The number of ether oxygens (including phenoxy) is 1. The van der Waals surface area contributed by atoms with E-state index in [1.807, 2.05) is 28.8 Å². The van der Waals surface area contributed by atoms with Crippen LogP contribution in [0.15, 0.2) is 30.6 Å². The number of hydrogen-bond acceptors (Lipinski definition) is 4. The van der Waals surface area contributed by atoms with Crippen LogP contribution < -0.4 is 5.32 Å². The van der Waals surface area contributed by atoms with Gasteiger partial charge in [-0.1, -0.05) is 6.07 Å².